The number of rotatable bonds is 5. The number of esters is 2. The van der Waals surface area contributed by atoms with E-state index in [0.717, 1.165) is 0 Å². The van der Waals surface area contributed by atoms with Gasteiger partial charge in [0.1, 0.15) is 11.8 Å². The second-order valence-corrected chi connectivity index (χ2v) is 6.24. The van der Waals surface area contributed by atoms with Crippen molar-refractivity contribution < 1.29 is 28.7 Å². The molecule has 0 saturated carbocycles. The molecule has 140 valence electrons. The normalized spacial score (nSPS) is 18.5. The van der Waals surface area contributed by atoms with Gasteiger partial charge in [0.05, 0.1) is 13.2 Å². The second kappa shape index (κ2) is 7.97. The monoisotopic (exact) mass is 381 g/mol. The number of ether oxygens (including phenoxy) is 2. The minimum atomic E-state index is -2.45. The summed E-state index contributed by atoms with van der Waals surface area (Å²) < 4.78 is 10.0. The fourth-order valence-corrected chi connectivity index (χ4v) is 3.28. The summed E-state index contributed by atoms with van der Waals surface area (Å²) in [6.07, 6.45) is 0. The molecule has 2 rings (SSSR count). The molecule has 1 atom stereocenters. The third-order valence-corrected chi connectivity index (χ3v) is 4.44. The number of fused-ring (bicyclic) bond motifs is 1. The Kier molecular flexibility index (Phi) is 6.15. The van der Waals surface area contributed by atoms with Gasteiger partial charge in [0, 0.05) is 17.1 Å². The van der Waals surface area contributed by atoms with Crippen LogP contribution in [0.25, 0.3) is 0 Å². The van der Waals surface area contributed by atoms with E-state index >= 15 is 0 Å². The molecule has 0 aliphatic carbocycles. The van der Waals surface area contributed by atoms with Crippen LogP contribution in [0.1, 0.15) is 36.7 Å². The van der Waals surface area contributed by atoms with Gasteiger partial charge in [-0.1, -0.05) is 11.6 Å². The van der Waals surface area contributed by atoms with Crippen LogP contribution in [0, 0.1) is 5.41 Å². The highest BCUT2D eigenvalue weighted by Crippen LogP contribution is 2.36. The summed E-state index contributed by atoms with van der Waals surface area (Å²) >= 11 is 5.98. The van der Waals surface area contributed by atoms with Gasteiger partial charge in [0.15, 0.2) is 5.78 Å². The van der Waals surface area contributed by atoms with Crippen LogP contribution in [-0.4, -0.2) is 42.8 Å². The van der Waals surface area contributed by atoms with E-state index in [0.29, 0.717) is 10.6 Å². The predicted molar refractivity (Wildman–Crippen MR) is 92.8 cm³/mol. The van der Waals surface area contributed by atoms with E-state index in [-0.39, 0.29) is 25.3 Å². The van der Waals surface area contributed by atoms with Crippen molar-refractivity contribution in [1.82, 2.24) is 5.32 Å². The summed E-state index contributed by atoms with van der Waals surface area (Å²) in [6.45, 7) is 4.23. The Morgan fingerprint density at radius 3 is 2.27 bits per heavy atom. The molecule has 1 N–H and O–H groups in total. The quantitative estimate of drug-likeness (QED) is 0.612. The highest BCUT2D eigenvalue weighted by molar-refractivity contribution is 6.32. The zero-order valence-corrected chi connectivity index (χ0v) is 15.5. The number of Topliss-reactive ketones (excluding diaryl/α,β-unsaturated/α-hetero) is 2. The van der Waals surface area contributed by atoms with Gasteiger partial charge in [0.2, 0.25) is 5.41 Å². The lowest BCUT2D eigenvalue weighted by Gasteiger charge is -2.32. The fraction of sp³-hybridized carbons (Fsp3) is 0.444. The molecule has 0 bridgehead atoms. The summed E-state index contributed by atoms with van der Waals surface area (Å²) in [5.74, 6) is -3.62. The SMILES string of the molecule is CCOC(=O)C1(C(=O)OCC)C(=O)c2ccc(Cl)cc2CNC1C(C)=O. The number of nitrogens with one attached hydrogen (secondary N) is 1. The third kappa shape index (κ3) is 3.24. The van der Waals surface area contributed by atoms with Crippen LogP contribution in [0.3, 0.4) is 0 Å². The smallest absolute Gasteiger partial charge is 0.333 e. The number of halogens is 1. The molecule has 1 aromatic carbocycles. The van der Waals surface area contributed by atoms with Crippen molar-refractivity contribution in [3.8, 4) is 0 Å². The average Bonchev–Trinajstić information content (AvgIpc) is 2.70. The summed E-state index contributed by atoms with van der Waals surface area (Å²) in [5, 5.41) is 3.22. The zero-order chi connectivity index (χ0) is 19.5. The highest BCUT2D eigenvalue weighted by Gasteiger charge is 2.63. The number of ketones is 2. The van der Waals surface area contributed by atoms with Crippen molar-refractivity contribution in [3.63, 3.8) is 0 Å². The van der Waals surface area contributed by atoms with Gasteiger partial charge in [-0.15, -0.1) is 0 Å². The van der Waals surface area contributed by atoms with E-state index in [1.165, 1.54) is 19.1 Å². The van der Waals surface area contributed by atoms with Gasteiger partial charge in [-0.2, -0.15) is 0 Å². The van der Waals surface area contributed by atoms with E-state index < -0.39 is 35.0 Å². The molecule has 1 aromatic rings. The molecule has 0 radical (unpaired) electrons. The second-order valence-electron chi connectivity index (χ2n) is 5.80. The molecule has 8 heteroatoms. The Morgan fingerprint density at radius 1 is 1.19 bits per heavy atom. The highest BCUT2D eigenvalue weighted by atomic mass is 35.5. The molecule has 0 saturated heterocycles. The minimum absolute atomic E-state index is 0.0641. The van der Waals surface area contributed by atoms with Crippen LogP contribution in [0.5, 0.6) is 0 Å². The van der Waals surface area contributed by atoms with Gasteiger partial charge < -0.3 is 14.8 Å². The van der Waals surface area contributed by atoms with Crippen molar-refractivity contribution in [1.29, 1.82) is 0 Å². The molecule has 0 aromatic heterocycles. The van der Waals surface area contributed by atoms with Crippen molar-refractivity contribution in [2.75, 3.05) is 13.2 Å². The van der Waals surface area contributed by atoms with Crippen LogP contribution in [0.2, 0.25) is 5.02 Å². The Bertz CT molecular complexity index is 742. The van der Waals surface area contributed by atoms with Crippen LogP contribution >= 0.6 is 11.6 Å². The Labute approximate surface area is 156 Å². The lowest BCUT2D eigenvalue weighted by molar-refractivity contribution is -0.171. The van der Waals surface area contributed by atoms with Gasteiger partial charge in [-0.3, -0.25) is 19.2 Å². The van der Waals surface area contributed by atoms with Gasteiger partial charge in [-0.05, 0) is 44.5 Å². The molecule has 1 unspecified atom stereocenters. The Balaban J connectivity index is 2.77. The molecular weight excluding hydrogens is 362 g/mol. The molecule has 0 fully saturated rings. The van der Waals surface area contributed by atoms with Gasteiger partial charge in [-0.25, -0.2) is 0 Å². The van der Waals surface area contributed by atoms with Crippen LogP contribution in [-0.2, 0) is 30.4 Å². The molecule has 0 spiro atoms. The summed E-state index contributed by atoms with van der Waals surface area (Å²) in [4.78, 5) is 51.3. The zero-order valence-electron chi connectivity index (χ0n) is 14.8. The van der Waals surface area contributed by atoms with Gasteiger partial charge in [0.25, 0.3) is 0 Å². The molecule has 1 heterocycles. The number of carbonyl (C=O) groups is 4. The number of carbonyl (C=O) groups excluding carboxylic acids is 4. The maximum atomic E-state index is 13.4. The van der Waals surface area contributed by atoms with E-state index in [9.17, 15) is 19.2 Å². The lowest BCUT2D eigenvalue weighted by atomic mass is 9.72. The number of hydrogen-bond donors (Lipinski definition) is 1. The lowest BCUT2D eigenvalue weighted by Crippen LogP contribution is -2.62. The van der Waals surface area contributed by atoms with Crippen molar-refractivity contribution in [3.05, 3.63) is 34.3 Å². The van der Waals surface area contributed by atoms with E-state index in [4.69, 9.17) is 21.1 Å². The largest absolute Gasteiger partial charge is 0.465 e. The molecule has 0 amide bonds. The van der Waals surface area contributed by atoms with Crippen LogP contribution in [0.4, 0.5) is 0 Å². The summed E-state index contributed by atoms with van der Waals surface area (Å²) in [6, 6.07) is 3.04. The first-order chi connectivity index (χ1) is 12.3. The topological polar surface area (TPSA) is 98.8 Å². The molecular formula is C18H20ClNO6. The minimum Gasteiger partial charge on any atom is -0.465 e. The average molecular weight is 382 g/mol. The molecule has 26 heavy (non-hydrogen) atoms. The maximum absolute atomic E-state index is 13.4. The molecule has 7 nitrogen and oxygen atoms in total. The maximum Gasteiger partial charge on any atom is 0.333 e. The van der Waals surface area contributed by atoms with E-state index in [1.54, 1.807) is 19.9 Å². The van der Waals surface area contributed by atoms with Crippen molar-refractivity contribution >= 4 is 35.1 Å². The first kappa shape index (κ1) is 20.1. The van der Waals surface area contributed by atoms with Crippen LogP contribution in [0.15, 0.2) is 18.2 Å². The van der Waals surface area contributed by atoms with Crippen molar-refractivity contribution in [2.24, 2.45) is 5.41 Å². The van der Waals surface area contributed by atoms with E-state index in [1.807, 2.05) is 0 Å². The number of benzene rings is 1. The summed E-state index contributed by atoms with van der Waals surface area (Å²) in [5.41, 5.74) is -1.85. The van der Waals surface area contributed by atoms with E-state index in [2.05, 4.69) is 5.32 Å². The standard InChI is InChI=1S/C18H20ClNO6/c1-4-25-16(23)18(17(24)26-5-2)14(10(3)21)20-9-11-8-12(19)6-7-13(11)15(18)22/h6-8,14,20H,4-5,9H2,1-3H3. The molecule has 1 aliphatic rings. The Morgan fingerprint density at radius 2 is 1.77 bits per heavy atom. The molecule has 1 aliphatic heterocycles. The van der Waals surface area contributed by atoms with Gasteiger partial charge >= 0.3 is 11.9 Å². The Hall–Kier alpha value is -2.25. The predicted octanol–water partition coefficient (Wildman–Crippen LogP) is 1.70. The summed E-state index contributed by atoms with van der Waals surface area (Å²) in [7, 11) is 0. The van der Waals surface area contributed by atoms with Crippen LogP contribution < -0.4 is 5.32 Å². The van der Waals surface area contributed by atoms with Crippen molar-refractivity contribution in [2.45, 2.75) is 33.4 Å². The third-order valence-electron chi connectivity index (χ3n) is 4.20. The first-order valence-corrected chi connectivity index (χ1v) is 8.59. The number of hydrogen-bond acceptors (Lipinski definition) is 7. The first-order valence-electron chi connectivity index (χ1n) is 8.22. The fourth-order valence-electron chi connectivity index (χ4n) is 3.08.